The topological polar surface area (TPSA) is 17.0 Å². The van der Waals surface area contributed by atoms with Gasteiger partial charge in [0.15, 0.2) is 0 Å². The minimum atomic E-state index is 0.649. The van der Waals surface area contributed by atoms with Crippen molar-refractivity contribution in [2.45, 2.75) is 20.4 Å². The number of aryl methyl sites for hydroxylation is 2. The highest BCUT2D eigenvalue weighted by molar-refractivity contribution is 6.33. The molecule has 0 aliphatic rings. The van der Waals surface area contributed by atoms with E-state index in [2.05, 4.69) is 31.4 Å². The summed E-state index contributed by atoms with van der Waals surface area (Å²) in [5.74, 6) is 0. The molecule has 0 saturated heterocycles. The van der Waals surface area contributed by atoms with Crippen molar-refractivity contribution in [3.63, 3.8) is 0 Å². The highest BCUT2D eigenvalue weighted by Crippen LogP contribution is 2.20. The van der Waals surface area contributed by atoms with Gasteiger partial charge in [0.05, 0.1) is 6.54 Å². The van der Waals surface area contributed by atoms with Gasteiger partial charge in [-0.3, -0.25) is 4.68 Å². The Hall–Kier alpha value is -1.12. The summed E-state index contributed by atoms with van der Waals surface area (Å²) in [6.07, 6.45) is 0. The minimum Gasteiger partial charge on any atom is -0.321 e. The van der Waals surface area contributed by atoms with Crippen LogP contribution in [0.2, 0.25) is 10.0 Å². The Kier molecular flexibility index (Phi) is 3.65. The number of benzene rings is 1. The molecular weight excluding hydrogens is 255 g/mol. The van der Waals surface area contributed by atoms with Gasteiger partial charge in [0.25, 0.3) is 0 Å². The van der Waals surface area contributed by atoms with Crippen LogP contribution in [0.15, 0.2) is 30.3 Å². The smallest absolute Gasteiger partial charge is 0.0579 e. The Bertz CT molecular complexity index is 513. The SMILES string of the molecule is Cc1ccc(C)n1NCc1cc(Cl)ccc1Cl. The van der Waals surface area contributed by atoms with E-state index in [4.69, 9.17) is 23.2 Å². The average molecular weight is 269 g/mol. The molecule has 1 aromatic carbocycles. The molecule has 4 heteroatoms. The normalized spacial score (nSPS) is 10.6. The number of hydrogen-bond acceptors (Lipinski definition) is 1. The third kappa shape index (κ3) is 2.76. The van der Waals surface area contributed by atoms with Crippen LogP contribution in [0.25, 0.3) is 0 Å². The van der Waals surface area contributed by atoms with E-state index in [-0.39, 0.29) is 0 Å². The predicted molar refractivity (Wildman–Crippen MR) is 73.4 cm³/mol. The van der Waals surface area contributed by atoms with Gasteiger partial charge in [0.2, 0.25) is 0 Å². The van der Waals surface area contributed by atoms with Crippen molar-refractivity contribution in [2.75, 3.05) is 5.43 Å². The molecule has 0 aliphatic heterocycles. The van der Waals surface area contributed by atoms with Crippen LogP contribution in [0.5, 0.6) is 0 Å². The molecule has 0 atom stereocenters. The Morgan fingerprint density at radius 2 is 1.71 bits per heavy atom. The Labute approximate surface area is 111 Å². The summed E-state index contributed by atoms with van der Waals surface area (Å²) in [5, 5.41) is 1.43. The Morgan fingerprint density at radius 1 is 1.06 bits per heavy atom. The van der Waals surface area contributed by atoms with Crippen LogP contribution < -0.4 is 5.43 Å². The molecule has 0 fully saturated rings. The van der Waals surface area contributed by atoms with Crippen LogP contribution in [0.1, 0.15) is 17.0 Å². The molecule has 2 rings (SSSR count). The number of halogens is 2. The maximum Gasteiger partial charge on any atom is 0.0579 e. The summed E-state index contributed by atoms with van der Waals surface area (Å²) in [7, 11) is 0. The lowest BCUT2D eigenvalue weighted by molar-refractivity contribution is 0.792. The van der Waals surface area contributed by atoms with Gasteiger partial charge in [-0.1, -0.05) is 23.2 Å². The van der Waals surface area contributed by atoms with Gasteiger partial charge in [-0.05, 0) is 49.7 Å². The van der Waals surface area contributed by atoms with E-state index in [1.807, 2.05) is 16.8 Å². The summed E-state index contributed by atoms with van der Waals surface area (Å²) >= 11 is 12.1. The molecule has 1 heterocycles. The number of aromatic nitrogens is 1. The van der Waals surface area contributed by atoms with Gasteiger partial charge in [-0.2, -0.15) is 0 Å². The van der Waals surface area contributed by atoms with Crippen molar-refractivity contribution in [1.82, 2.24) is 4.68 Å². The van der Waals surface area contributed by atoms with Crippen molar-refractivity contribution in [2.24, 2.45) is 0 Å². The second kappa shape index (κ2) is 5.03. The molecule has 0 bridgehead atoms. The van der Waals surface area contributed by atoms with E-state index >= 15 is 0 Å². The molecule has 90 valence electrons. The molecule has 0 saturated carbocycles. The molecule has 0 unspecified atom stereocenters. The molecule has 0 amide bonds. The first-order valence-electron chi connectivity index (χ1n) is 5.40. The lowest BCUT2D eigenvalue weighted by atomic mass is 10.2. The van der Waals surface area contributed by atoms with Crippen molar-refractivity contribution in [1.29, 1.82) is 0 Å². The van der Waals surface area contributed by atoms with Gasteiger partial charge in [-0.25, -0.2) is 0 Å². The third-order valence-electron chi connectivity index (χ3n) is 2.71. The van der Waals surface area contributed by atoms with Gasteiger partial charge < -0.3 is 5.43 Å². The lowest BCUT2D eigenvalue weighted by Crippen LogP contribution is -2.17. The van der Waals surface area contributed by atoms with Crippen LogP contribution in [-0.2, 0) is 6.54 Å². The van der Waals surface area contributed by atoms with Crippen molar-refractivity contribution in [3.05, 3.63) is 57.3 Å². The first-order valence-corrected chi connectivity index (χ1v) is 6.16. The number of nitrogens with zero attached hydrogens (tertiary/aromatic N) is 1. The molecule has 0 spiro atoms. The number of nitrogens with one attached hydrogen (secondary N) is 1. The zero-order valence-electron chi connectivity index (χ0n) is 9.80. The van der Waals surface area contributed by atoms with E-state index < -0.39 is 0 Å². The standard InChI is InChI=1S/C13H14Cl2N2/c1-9-3-4-10(2)17(9)16-8-11-7-12(14)5-6-13(11)15/h3-7,16H,8H2,1-2H3. The summed E-state index contributed by atoms with van der Waals surface area (Å²) < 4.78 is 2.04. The summed E-state index contributed by atoms with van der Waals surface area (Å²) in [6, 6.07) is 9.63. The third-order valence-corrected chi connectivity index (χ3v) is 3.31. The first-order chi connectivity index (χ1) is 8.08. The van der Waals surface area contributed by atoms with E-state index in [9.17, 15) is 0 Å². The molecule has 17 heavy (non-hydrogen) atoms. The quantitative estimate of drug-likeness (QED) is 0.885. The largest absolute Gasteiger partial charge is 0.321 e. The number of rotatable bonds is 3. The van der Waals surface area contributed by atoms with Crippen LogP contribution in [0.3, 0.4) is 0 Å². The molecule has 1 aromatic heterocycles. The molecule has 0 aliphatic carbocycles. The highest BCUT2D eigenvalue weighted by atomic mass is 35.5. The first kappa shape index (κ1) is 12.3. The molecule has 2 aromatic rings. The highest BCUT2D eigenvalue weighted by Gasteiger charge is 2.03. The number of hydrogen-bond donors (Lipinski definition) is 1. The lowest BCUT2D eigenvalue weighted by Gasteiger charge is -2.13. The zero-order valence-corrected chi connectivity index (χ0v) is 11.3. The van der Waals surface area contributed by atoms with Crippen LogP contribution >= 0.6 is 23.2 Å². The summed E-state index contributed by atoms with van der Waals surface area (Å²) in [5.41, 5.74) is 6.65. The second-order valence-electron chi connectivity index (χ2n) is 4.02. The Morgan fingerprint density at radius 3 is 2.35 bits per heavy atom. The molecular formula is C13H14Cl2N2. The van der Waals surface area contributed by atoms with Gasteiger partial charge >= 0.3 is 0 Å². The maximum absolute atomic E-state index is 6.11. The van der Waals surface area contributed by atoms with Crippen LogP contribution in [-0.4, -0.2) is 4.68 Å². The Balaban J connectivity index is 2.15. The fourth-order valence-corrected chi connectivity index (χ4v) is 2.14. The van der Waals surface area contributed by atoms with Gasteiger partial charge in [-0.15, -0.1) is 0 Å². The van der Waals surface area contributed by atoms with Crippen molar-refractivity contribution >= 4 is 23.2 Å². The zero-order chi connectivity index (χ0) is 12.4. The predicted octanol–water partition coefficient (Wildman–Crippen LogP) is 4.16. The second-order valence-corrected chi connectivity index (χ2v) is 4.87. The van der Waals surface area contributed by atoms with Crippen molar-refractivity contribution < 1.29 is 0 Å². The minimum absolute atomic E-state index is 0.649. The van der Waals surface area contributed by atoms with Crippen molar-refractivity contribution in [3.8, 4) is 0 Å². The fraction of sp³-hybridized carbons (Fsp3) is 0.231. The fourth-order valence-electron chi connectivity index (χ4n) is 1.76. The maximum atomic E-state index is 6.11. The van der Waals surface area contributed by atoms with E-state index in [1.54, 1.807) is 6.07 Å². The summed E-state index contributed by atoms with van der Waals surface area (Å²) in [6.45, 7) is 4.76. The van der Waals surface area contributed by atoms with E-state index in [0.717, 1.165) is 10.6 Å². The molecule has 1 N–H and O–H groups in total. The van der Waals surface area contributed by atoms with Gasteiger partial charge in [0.1, 0.15) is 0 Å². The average Bonchev–Trinajstić information content (AvgIpc) is 2.61. The monoisotopic (exact) mass is 268 g/mol. The molecule has 2 nitrogen and oxygen atoms in total. The summed E-state index contributed by atoms with van der Waals surface area (Å²) in [4.78, 5) is 0. The van der Waals surface area contributed by atoms with Crippen LogP contribution in [0, 0.1) is 13.8 Å². The van der Waals surface area contributed by atoms with Gasteiger partial charge in [0, 0.05) is 21.4 Å². The van der Waals surface area contributed by atoms with E-state index in [1.165, 1.54) is 11.4 Å². The van der Waals surface area contributed by atoms with Crippen LogP contribution in [0.4, 0.5) is 0 Å². The molecule has 0 radical (unpaired) electrons. The van der Waals surface area contributed by atoms with E-state index in [0.29, 0.717) is 11.6 Å².